The van der Waals surface area contributed by atoms with E-state index in [1.54, 1.807) is 0 Å². The predicted molar refractivity (Wildman–Crippen MR) is 118 cm³/mol. The molecule has 4 aliphatic carbocycles. The minimum Gasteiger partial charge on any atom is -0.393 e. The largest absolute Gasteiger partial charge is 0.416 e. The molecule has 2 nitrogen and oxygen atoms in total. The molecule has 5 heteroatoms. The molecule has 1 aromatic rings. The summed E-state index contributed by atoms with van der Waals surface area (Å²) >= 11 is 0. The fraction of sp³-hybridized carbons (Fsp3) is 0.667. The number of rotatable bonds is 1. The summed E-state index contributed by atoms with van der Waals surface area (Å²) in [4.78, 5) is 13.5. The van der Waals surface area contributed by atoms with Crippen LogP contribution in [0, 0.1) is 34.5 Å². The van der Waals surface area contributed by atoms with Gasteiger partial charge in [-0.2, -0.15) is 13.2 Å². The van der Waals surface area contributed by atoms with Crippen molar-refractivity contribution >= 4 is 11.9 Å². The van der Waals surface area contributed by atoms with Crippen molar-refractivity contribution in [2.24, 2.45) is 34.5 Å². The summed E-state index contributed by atoms with van der Waals surface area (Å²) in [7, 11) is 0. The number of hydrogen-bond acceptors (Lipinski definition) is 2. The van der Waals surface area contributed by atoms with Gasteiger partial charge in [0.2, 0.25) is 0 Å². The van der Waals surface area contributed by atoms with Gasteiger partial charge < -0.3 is 5.11 Å². The van der Waals surface area contributed by atoms with E-state index in [9.17, 15) is 23.1 Å². The van der Waals surface area contributed by atoms with Crippen molar-refractivity contribution in [1.82, 2.24) is 0 Å². The number of hydrogen-bond donors (Lipinski definition) is 1. The minimum absolute atomic E-state index is 0.162. The van der Waals surface area contributed by atoms with E-state index in [1.807, 2.05) is 6.08 Å². The predicted octanol–water partition coefficient (Wildman–Crippen LogP) is 6.67. The number of allylic oxidation sites excluding steroid dienone is 1. The van der Waals surface area contributed by atoms with E-state index >= 15 is 0 Å². The van der Waals surface area contributed by atoms with Gasteiger partial charge in [-0.1, -0.05) is 26.0 Å². The Kier molecular flexibility index (Phi) is 5.16. The highest BCUT2D eigenvalue weighted by atomic mass is 19.4. The van der Waals surface area contributed by atoms with E-state index in [0.29, 0.717) is 29.2 Å². The Morgan fingerprint density at radius 2 is 1.72 bits per heavy atom. The van der Waals surface area contributed by atoms with Crippen molar-refractivity contribution in [3.63, 3.8) is 0 Å². The van der Waals surface area contributed by atoms with Crippen molar-refractivity contribution in [3.05, 3.63) is 41.0 Å². The van der Waals surface area contributed by atoms with Gasteiger partial charge in [-0.15, -0.1) is 0 Å². The number of aliphatic hydroxyl groups is 1. The molecule has 5 rings (SSSR count). The standard InChI is InChI=1S/C27H33F3O2/c1-25-11-9-20(31)15-19(25)7-8-21-22(25)10-12-26(2)23(21)14-17(24(26)32)13-16-3-5-18(6-4-16)27(28,29)30/h3-6,13,19-23,31H,7-12,14-15H2,1-2H3/b17-13-. The Labute approximate surface area is 188 Å². The molecule has 7 unspecified atom stereocenters. The summed E-state index contributed by atoms with van der Waals surface area (Å²) in [5.74, 6) is 2.22. The van der Waals surface area contributed by atoms with Crippen LogP contribution in [-0.2, 0) is 11.0 Å². The van der Waals surface area contributed by atoms with Crippen molar-refractivity contribution in [3.8, 4) is 0 Å². The molecule has 0 aromatic heterocycles. The van der Waals surface area contributed by atoms with Crippen molar-refractivity contribution in [1.29, 1.82) is 0 Å². The van der Waals surface area contributed by atoms with Gasteiger partial charge in [0.05, 0.1) is 11.7 Å². The average molecular weight is 447 g/mol. The second-order valence-electron chi connectivity index (χ2n) is 11.4. The summed E-state index contributed by atoms with van der Waals surface area (Å²) in [5.41, 5.74) is 0.688. The van der Waals surface area contributed by atoms with Gasteiger partial charge in [-0.25, -0.2) is 0 Å². The quantitative estimate of drug-likeness (QED) is 0.489. The molecule has 4 saturated carbocycles. The Morgan fingerprint density at radius 3 is 2.41 bits per heavy atom. The third-order valence-electron chi connectivity index (χ3n) is 9.86. The monoisotopic (exact) mass is 446 g/mol. The average Bonchev–Trinajstić information content (AvgIpc) is 2.99. The number of Topliss-reactive ketones (excluding diaryl/α,β-unsaturated/α-hetero) is 1. The van der Waals surface area contributed by atoms with Crippen molar-refractivity contribution in [2.75, 3.05) is 0 Å². The van der Waals surface area contributed by atoms with Crippen LogP contribution in [0.25, 0.3) is 6.08 Å². The number of aliphatic hydroxyl groups excluding tert-OH is 1. The normalized spacial score (nSPS) is 43.0. The molecule has 0 heterocycles. The summed E-state index contributed by atoms with van der Waals surface area (Å²) in [6, 6.07) is 5.12. The lowest BCUT2D eigenvalue weighted by Crippen LogP contribution is -2.54. The maximum absolute atomic E-state index is 13.5. The number of carbonyl (C=O) groups excluding carboxylic acids is 1. The molecule has 0 aliphatic heterocycles. The van der Waals surface area contributed by atoms with Crippen LogP contribution in [0.4, 0.5) is 13.2 Å². The molecule has 4 fully saturated rings. The van der Waals surface area contributed by atoms with Gasteiger partial charge in [0.1, 0.15) is 0 Å². The van der Waals surface area contributed by atoms with Crippen LogP contribution in [0.5, 0.6) is 0 Å². The third-order valence-corrected chi connectivity index (χ3v) is 9.86. The van der Waals surface area contributed by atoms with E-state index in [1.165, 1.54) is 12.1 Å². The first-order valence-electron chi connectivity index (χ1n) is 12.1. The van der Waals surface area contributed by atoms with Crippen LogP contribution in [0.15, 0.2) is 29.8 Å². The van der Waals surface area contributed by atoms with E-state index < -0.39 is 11.7 Å². The van der Waals surface area contributed by atoms with E-state index in [-0.39, 0.29) is 22.7 Å². The molecule has 0 spiro atoms. The maximum Gasteiger partial charge on any atom is 0.416 e. The fourth-order valence-electron chi connectivity index (χ4n) is 8.00. The second kappa shape index (κ2) is 7.44. The molecule has 1 N–H and O–H groups in total. The zero-order valence-electron chi connectivity index (χ0n) is 18.9. The lowest BCUT2D eigenvalue weighted by Gasteiger charge is -2.59. The highest BCUT2D eigenvalue weighted by molar-refractivity contribution is 6.05. The zero-order chi connectivity index (χ0) is 22.9. The number of fused-ring (bicyclic) bond motifs is 5. The highest BCUT2D eigenvalue weighted by Gasteiger charge is 2.61. The molecule has 4 aliphatic rings. The molecule has 1 aromatic carbocycles. The molecule has 174 valence electrons. The van der Waals surface area contributed by atoms with Crippen LogP contribution in [0.1, 0.15) is 76.3 Å². The molecule has 0 radical (unpaired) electrons. The maximum atomic E-state index is 13.5. The van der Waals surface area contributed by atoms with Gasteiger partial charge in [-0.05, 0) is 110 Å². The van der Waals surface area contributed by atoms with Gasteiger partial charge in [0.15, 0.2) is 5.78 Å². The summed E-state index contributed by atoms with van der Waals surface area (Å²) in [6.07, 6.45) is 5.15. The smallest absolute Gasteiger partial charge is 0.393 e. The first-order chi connectivity index (χ1) is 15.0. The van der Waals surface area contributed by atoms with E-state index in [2.05, 4.69) is 13.8 Å². The van der Waals surface area contributed by atoms with Crippen LogP contribution in [0.2, 0.25) is 0 Å². The Balaban J connectivity index is 1.41. The lowest BCUT2D eigenvalue weighted by atomic mass is 9.45. The Morgan fingerprint density at radius 1 is 1.00 bits per heavy atom. The SMILES string of the molecule is CC12CCC3C(CCC4CC(O)CCC43C)C1C/C(=C/c1ccc(C(F)(F)F)cc1)C2=O. The van der Waals surface area contributed by atoms with Crippen LogP contribution in [-0.4, -0.2) is 17.0 Å². The van der Waals surface area contributed by atoms with Gasteiger partial charge in [0.25, 0.3) is 0 Å². The zero-order valence-corrected chi connectivity index (χ0v) is 18.9. The Hall–Kier alpha value is -1.62. The lowest BCUT2D eigenvalue weighted by molar-refractivity contribution is -0.141. The van der Waals surface area contributed by atoms with Crippen molar-refractivity contribution in [2.45, 2.75) is 77.5 Å². The molecule has 32 heavy (non-hydrogen) atoms. The number of alkyl halides is 3. The number of halogens is 3. The van der Waals surface area contributed by atoms with Crippen LogP contribution < -0.4 is 0 Å². The highest BCUT2D eigenvalue weighted by Crippen LogP contribution is 2.66. The number of benzene rings is 1. The topological polar surface area (TPSA) is 37.3 Å². The van der Waals surface area contributed by atoms with E-state index in [4.69, 9.17) is 0 Å². The molecule has 0 saturated heterocycles. The molecule has 0 bridgehead atoms. The van der Waals surface area contributed by atoms with Gasteiger partial charge in [-0.3, -0.25) is 4.79 Å². The first kappa shape index (κ1) is 22.2. The summed E-state index contributed by atoms with van der Waals surface area (Å²) in [6.45, 7) is 4.56. The summed E-state index contributed by atoms with van der Waals surface area (Å²) < 4.78 is 38.6. The molecular formula is C27H33F3O2. The molecular weight excluding hydrogens is 413 g/mol. The number of ketones is 1. The molecule has 0 amide bonds. The fourth-order valence-corrected chi connectivity index (χ4v) is 8.00. The van der Waals surface area contributed by atoms with Crippen molar-refractivity contribution < 1.29 is 23.1 Å². The third kappa shape index (κ3) is 3.38. The number of carbonyl (C=O) groups is 1. The van der Waals surface area contributed by atoms with Crippen LogP contribution >= 0.6 is 0 Å². The summed E-state index contributed by atoms with van der Waals surface area (Å²) in [5, 5.41) is 10.2. The Bertz CT molecular complexity index is 933. The molecule has 7 atom stereocenters. The first-order valence-corrected chi connectivity index (χ1v) is 12.1. The minimum atomic E-state index is -4.35. The van der Waals surface area contributed by atoms with Gasteiger partial charge in [0, 0.05) is 5.41 Å². The van der Waals surface area contributed by atoms with E-state index in [0.717, 1.165) is 69.1 Å². The van der Waals surface area contributed by atoms with Crippen LogP contribution in [0.3, 0.4) is 0 Å². The van der Waals surface area contributed by atoms with Gasteiger partial charge >= 0.3 is 6.18 Å². The second-order valence-corrected chi connectivity index (χ2v) is 11.4.